The van der Waals surface area contributed by atoms with E-state index < -0.39 is 47.2 Å². The Kier molecular flexibility index (Phi) is 33.3. The zero-order valence-electron chi connectivity index (χ0n) is 35.5. The van der Waals surface area contributed by atoms with E-state index in [-0.39, 0.29) is 26.4 Å². The monoisotopic (exact) mass is 884 g/mol. The van der Waals surface area contributed by atoms with Crippen molar-refractivity contribution in [1.82, 2.24) is 0 Å². The molecule has 0 aromatic heterocycles. The quantitative estimate of drug-likeness (QED) is 0.0173. The number of carbonyl (C=O) groups excluding carboxylic acids is 1. The van der Waals surface area contributed by atoms with Gasteiger partial charge in [-0.25, -0.2) is 13.2 Å². The number of halogens is 5. The molecule has 0 radical (unpaired) electrons. The summed E-state index contributed by atoms with van der Waals surface area (Å²) in [7, 11) is 0. The Morgan fingerprint density at radius 1 is 0.410 bits per heavy atom. The molecule has 0 saturated heterocycles. The molecule has 0 aliphatic heterocycles. The Labute approximate surface area is 356 Å². The van der Waals surface area contributed by atoms with Crippen molar-refractivity contribution < 1.29 is 83.6 Å². The summed E-state index contributed by atoms with van der Waals surface area (Å²) in [6.45, 7) is 10.0. The molecular formula is C43H65F5O13. The Balaban J connectivity index is 1.21. The summed E-state index contributed by atoms with van der Waals surface area (Å²) < 4.78 is 131. The average Bonchev–Trinajstić information content (AvgIpc) is 3.27. The standard InChI is InChI=1S/C43H65F5O13/c1-2-3-4-5-6-7-8-35-9-11-36(12-10-35)60-34-33-59-32-31-58-30-29-57-28-27-56-26-25-55-24-23-54-22-21-53-20-19-52-18-17-51-16-15-50-14-13-37(49)61-43-41(47)39(45)38(44)40(46)42(43)48/h9-12H,2-8,13-34H2,1H3. The number of unbranched alkanes of at least 4 members (excludes halogenated alkanes) is 5. The van der Waals surface area contributed by atoms with Crippen molar-refractivity contribution >= 4 is 5.97 Å². The molecule has 0 N–H and O–H groups in total. The fraction of sp³-hybridized carbons (Fsp3) is 0.698. The third kappa shape index (κ3) is 27.6. The highest BCUT2D eigenvalue weighted by Crippen LogP contribution is 2.29. The zero-order valence-corrected chi connectivity index (χ0v) is 35.5. The molecule has 2 aromatic carbocycles. The van der Waals surface area contributed by atoms with Gasteiger partial charge in [0.05, 0.1) is 139 Å². The lowest BCUT2D eigenvalue weighted by Crippen LogP contribution is -2.16. The lowest BCUT2D eigenvalue weighted by Gasteiger charge is -2.09. The van der Waals surface area contributed by atoms with Gasteiger partial charge in [0, 0.05) is 0 Å². The number of ether oxygens (including phenoxy) is 12. The van der Waals surface area contributed by atoms with Gasteiger partial charge >= 0.3 is 5.97 Å². The van der Waals surface area contributed by atoms with E-state index in [9.17, 15) is 26.7 Å². The molecule has 0 unspecified atom stereocenters. The molecule has 0 spiro atoms. The summed E-state index contributed by atoms with van der Waals surface area (Å²) in [4.78, 5) is 11.7. The van der Waals surface area contributed by atoms with Gasteiger partial charge in [0.15, 0.2) is 0 Å². The highest BCUT2D eigenvalue weighted by Gasteiger charge is 2.28. The molecule has 0 fully saturated rings. The smallest absolute Gasteiger partial charge is 0.313 e. The number of benzene rings is 2. The topological polar surface area (TPSA) is 128 Å². The van der Waals surface area contributed by atoms with Gasteiger partial charge in [-0.3, -0.25) is 4.79 Å². The maximum Gasteiger partial charge on any atom is 0.313 e. The molecule has 0 heterocycles. The molecule has 2 rings (SSSR count). The van der Waals surface area contributed by atoms with Gasteiger partial charge in [-0.1, -0.05) is 51.2 Å². The van der Waals surface area contributed by atoms with Crippen LogP contribution in [-0.2, 0) is 58.6 Å². The van der Waals surface area contributed by atoms with Crippen LogP contribution >= 0.6 is 0 Å². The van der Waals surface area contributed by atoms with Crippen LogP contribution in [0.2, 0.25) is 0 Å². The van der Waals surface area contributed by atoms with E-state index in [0.717, 1.165) is 12.2 Å². The highest BCUT2D eigenvalue weighted by atomic mass is 19.2. The normalized spacial score (nSPS) is 11.4. The van der Waals surface area contributed by atoms with E-state index >= 15 is 0 Å². The van der Waals surface area contributed by atoms with Crippen LogP contribution in [0.1, 0.15) is 57.4 Å². The van der Waals surface area contributed by atoms with Gasteiger partial charge in [0.2, 0.25) is 34.8 Å². The second-order valence-electron chi connectivity index (χ2n) is 13.3. The Morgan fingerprint density at radius 2 is 0.738 bits per heavy atom. The molecule has 350 valence electrons. The SMILES string of the molecule is CCCCCCCCc1ccc(OCCOCCOCCOCCOCCOCCOCCOCCOCCOCCOCCC(=O)Oc2c(F)c(F)c(F)c(F)c2F)cc1. The van der Waals surface area contributed by atoms with Crippen LogP contribution < -0.4 is 9.47 Å². The third-order valence-electron chi connectivity index (χ3n) is 8.42. The molecule has 0 atom stereocenters. The molecule has 2 aromatic rings. The molecule has 0 aliphatic rings. The van der Waals surface area contributed by atoms with Crippen molar-refractivity contribution in [2.75, 3.05) is 139 Å². The minimum atomic E-state index is -2.35. The minimum Gasteiger partial charge on any atom is -0.491 e. The second kappa shape index (κ2) is 37.5. The fourth-order valence-corrected chi connectivity index (χ4v) is 5.16. The number of aryl methyl sites for hydroxylation is 1. The number of rotatable bonds is 42. The lowest BCUT2D eigenvalue weighted by atomic mass is 10.0. The average molecular weight is 885 g/mol. The molecule has 18 heteroatoms. The van der Waals surface area contributed by atoms with E-state index in [1.165, 1.54) is 44.1 Å². The number of carbonyl (C=O) groups is 1. The summed E-state index contributed by atoms with van der Waals surface area (Å²) in [6, 6.07) is 8.36. The summed E-state index contributed by atoms with van der Waals surface area (Å²) in [5, 5.41) is 0. The Hall–Kier alpha value is -3.04. The largest absolute Gasteiger partial charge is 0.491 e. The van der Waals surface area contributed by atoms with E-state index in [0.29, 0.717) is 112 Å². The van der Waals surface area contributed by atoms with Crippen LogP contribution in [0.5, 0.6) is 11.5 Å². The van der Waals surface area contributed by atoms with E-state index in [1.807, 2.05) is 12.1 Å². The predicted molar refractivity (Wildman–Crippen MR) is 214 cm³/mol. The van der Waals surface area contributed by atoms with Crippen molar-refractivity contribution in [3.63, 3.8) is 0 Å². The van der Waals surface area contributed by atoms with E-state index in [4.69, 9.17) is 52.1 Å². The van der Waals surface area contributed by atoms with Gasteiger partial charge < -0.3 is 56.8 Å². The molecule has 0 bridgehead atoms. The number of esters is 1. The van der Waals surface area contributed by atoms with Crippen LogP contribution in [0.3, 0.4) is 0 Å². The van der Waals surface area contributed by atoms with Crippen molar-refractivity contribution in [2.45, 2.75) is 58.3 Å². The summed E-state index contributed by atoms with van der Waals surface area (Å²) in [5.41, 5.74) is 1.36. The van der Waals surface area contributed by atoms with E-state index in [1.54, 1.807) is 0 Å². The molecule has 0 amide bonds. The summed E-state index contributed by atoms with van der Waals surface area (Å²) in [6.07, 6.45) is 8.48. The maximum atomic E-state index is 13.6. The highest BCUT2D eigenvalue weighted by molar-refractivity contribution is 5.72. The van der Waals surface area contributed by atoms with E-state index in [2.05, 4.69) is 23.8 Å². The minimum absolute atomic E-state index is 0.0795. The third-order valence-corrected chi connectivity index (χ3v) is 8.42. The van der Waals surface area contributed by atoms with Crippen molar-refractivity contribution in [1.29, 1.82) is 0 Å². The lowest BCUT2D eigenvalue weighted by molar-refractivity contribution is -0.136. The molecule has 0 saturated carbocycles. The molecule has 0 aliphatic carbocycles. The van der Waals surface area contributed by atoms with Crippen LogP contribution in [0.15, 0.2) is 24.3 Å². The van der Waals surface area contributed by atoms with Crippen molar-refractivity contribution in [2.24, 2.45) is 0 Å². The van der Waals surface area contributed by atoms with Gasteiger partial charge in [0.25, 0.3) is 0 Å². The summed E-state index contributed by atoms with van der Waals surface area (Å²) >= 11 is 0. The first-order valence-electron chi connectivity index (χ1n) is 21.1. The summed E-state index contributed by atoms with van der Waals surface area (Å²) in [5.74, 6) is -13.3. The predicted octanol–water partition coefficient (Wildman–Crippen LogP) is 6.83. The maximum absolute atomic E-state index is 13.6. The Bertz CT molecular complexity index is 1350. The first kappa shape index (κ1) is 54.1. The molecular weight excluding hydrogens is 819 g/mol. The van der Waals surface area contributed by atoms with Gasteiger partial charge in [0.1, 0.15) is 12.4 Å². The van der Waals surface area contributed by atoms with Crippen LogP contribution in [-0.4, -0.2) is 145 Å². The number of hydrogen-bond acceptors (Lipinski definition) is 13. The van der Waals surface area contributed by atoms with Crippen molar-refractivity contribution in [3.8, 4) is 11.5 Å². The first-order chi connectivity index (χ1) is 29.8. The van der Waals surface area contributed by atoms with Gasteiger partial charge in [-0.05, 0) is 30.5 Å². The van der Waals surface area contributed by atoms with Gasteiger partial charge in [-0.15, -0.1) is 0 Å². The molecule has 61 heavy (non-hydrogen) atoms. The number of hydrogen-bond donors (Lipinski definition) is 0. The Morgan fingerprint density at radius 3 is 1.13 bits per heavy atom. The molecule has 13 nitrogen and oxygen atoms in total. The second-order valence-corrected chi connectivity index (χ2v) is 13.3. The van der Waals surface area contributed by atoms with Crippen LogP contribution in [0, 0.1) is 29.1 Å². The van der Waals surface area contributed by atoms with Gasteiger partial charge in [-0.2, -0.15) is 8.78 Å². The fourth-order valence-electron chi connectivity index (χ4n) is 5.16. The van der Waals surface area contributed by atoms with Crippen LogP contribution in [0.4, 0.5) is 22.0 Å². The van der Waals surface area contributed by atoms with Crippen molar-refractivity contribution in [3.05, 3.63) is 58.9 Å². The zero-order chi connectivity index (χ0) is 44.0. The first-order valence-corrected chi connectivity index (χ1v) is 21.1. The van der Waals surface area contributed by atoms with Crippen LogP contribution in [0.25, 0.3) is 0 Å².